The molecule has 0 amide bonds. The highest BCUT2D eigenvalue weighted by Gasteiger charge is 2.29. The summed E-state index contributed by atoms with van der Waals surface area (Å²) >= 11 is 1.66. The van der Waals surface area contributed by atoms with Gasteiger partial charge in [-0.1, -0.05) is 12.1 Å². The van der Waals surface area contributed by atoms with Gasteiger partial charge in [0.1, 0.15) is 5.00 Å². The van der Waals surface area contributed by atoms with Crippen LogP contribution in [-0.4, -0.2) is 29.5 Å². The third kappa shape index (κ3) is 2.23. The summed E-state index contributed by atoms with van der Waals surface area (Å²) in [5.41, 5.74) is 1.14. The standard InChI is InChI=1S/C15H19N3S/c1-2-6-14-13(5-1)15(19-17-14)18-9-3-4-12(18)10-16-11-7-8-11/h1-2,5-6,11-12,16H,3-4,7-10H2. The summed E-state index contributed by atoms with van der Waals surface area (Å²) in [6, 6.07) is 9.97. The molecule has 1 saturated carbocycles. The van der Waals surface area contributed by atoms with Crippen molar-refractivity contribution < 1.29 is 0 Å². The Morgan fingerprint density at radius 3 is 3.05 bits per heavy atom. The SMILES string of the molecule is c1ccc2c(N3CCCC3CNC3CC3)snc2c1. The second-order valence-corrected chi connectivity index (χ2v) is 6.43. The van der Waals surface area contributed by atoms with E-state index < -0.39 is 0 Å². The molecule has 2 aliphatic rings. The average Bonchev–Trinajstić information content (AvgIpc) is 3.00. The van der Waals surface area contributed by atoms with Gasteiger partial charge in [-0.3, -0.25) is 0 Å². The van der Waals surface area contributed by atoms with Gasteiger partial charge in [-0.05, 0) is 49.3 Å². The summed E-state index contributed by atoms with van der Waals surface area (Å²) in [5, 5.41) is 6.38. The minimum absolute atomic E-state index is 0.657. The van der Waals surface area contributed by atoms with Crippen LogP contribution in [-0.2, 0) is 0 Å². The largest absolute Gasteiger partial charge is 0.357 e. The number of hydrogen-bond acceptors (Lipinski definition) is 4. The van der Waals surface area contributed by atoms with Gasteiger partial charge >= 0.3 is 0 Å². The first-order valence-corrected chi connectivity index (χ1v) is 8.03. The summed E-state index contributed by atoms with van der Waals surface area (Å²) in [6.45, 7) is 2.32. The highest BCUT2D eigenvalue weighted by molar-refractivity contribution is 7.11. The van der Waals surface area contributed by atoms with Crippen LogP contribution in [0.3, 0.4) is 0 Å². The van der Waals surface area contributed by atoms with Crippen molar-refractivity contribution in [3.05, 3.63) is 24.3 Å². The number of anilines is 1. The zero-order chi connectivity index (χ0) is 12.7. The minimum Gasteiger partial charge on any atom is -0.357 e. The molecule has 0 spiro atoms. The van der Waals surface area contributed by atoms with Crippen LogP contribution < -0.4 is 10.2 Å². The van der Waals surface area contributed by atoms with E-state index in [1.54, 1.807) is 11.5 Å². The van der Waals surface area contributed by atoms with E-state index in [4.69, 9.17) is 0 Å². The lowest BCUT2D eigenvalue weighted by molar-refractivity contribution is 0.573. The molecule has 0 radical (unpaired) electrons. The number of nitrogens with one attached hydrogen (secondary N) is 1. The van der Waals surface area contributed by atoms with Gasteiger partial charge in [0.2, 0.25) is 0 Å². The third-order valence-electron chi connectivity index (χ3n) is 4.22. The Hall–Kier alpha value is -1.13. The molecule has 3 nitrogen and oxygen atoms in total. The molecular weight excluding hydrogens is 254 g/mol. The molecule has 1 aliphatic heterocycles. The quantitative estimate of drug-likeness (QED) is 0.928. The van der Waals surface area contributed by atoms with Gasteiger partial charge in [0.15, 0.2) is 0 Å². The van der Waals surface area contributed by atoms with E-state index in [1.165, 1.54) is 42.6 Å². The molecule has 0 bridgehead atoms. The molecular formula is C15H19N3S. The van der Waals surface area contributed by atoms with Crippen molar-refractivity contribution in [3.8, 4) is 0 Å². The molecule has 1 saturated heterocycles. The van der Waals surface area contributed by atoms with E-state index in [0.29, 0.717) is 6.04 Å². The van der Waals surface area contributed by atoms with Crippen LogP contribution in [0.2, 0.25) is 0 Å². The maximum atomic E-state index is 4.58. The highest BCUT2D eigenvalue weighted by atomic mass is 32.1. The van der Waals surface area contributed by atoms with Gasteiger partial charge in [-0.25, -0.2) is 0 Å². The maximum Gasteiger partial charge on any atom is 0.120 e. The van der Waals surface area contributed by atoms with Crippen LogP contribution >= 0.6 is 11.5 Å². The van der Waals surface area contributed by atoms with Gasteiger partial charge in [0, 0.05) is 30.6 Å². The smallest absolute Gasteiger partial charge is 0.120 e. The van der Waals surface area contributed by atoms with E-state index in [-0.39, 0.29) is 0 Å². The molecule has 1 aromatic carbocycles. The molecule has 100 valence electrons. The fourth-order valence-corrected chi connectivity index (χ4v) is 3.95. The second-order valence-electron chi connectivity index (χ2n) is 5.68. The van der Waals surface area contributed by atoms with E-state index in [1.807, 2.05) is 0 Å². The summed E-state index contributed by atoms with van der Waals surface area (Å²) in [5.74, 6) is 0. The Labute approximate surface area is 117 Å². The van der Waals surface area contributed by atoms with Crippen molar-refractivity contribution in [2.45, 2.75) is 37.8 Å². The zero-order valence-corrected chi connectivity index (χ0v) is 11.8. The summed E-state index contributed by atoms with van der Waals surface area (Å²) in [7, 11) is 0. The first-order chi connectivity index (χ1) is 9.42. The maximum absolute atomic E-state index is 4.58. The van der Waals surface area contributed by atoms with E-state index in [9.17, 15) is 0 Å². The number of aromatic nitrogens is 1. The zero-order valence-electron chi connectivity index (χ0n) is 11.0. The molecule has 1 N–H and O–H groups in total. The highest BCUT2D eigenvalue weighted by Crippen LogP contribution is 2.35. The average molecular weight is 273 g/mol. The van der Waals surface area contributed by atoms with Crippen molar-refractivity contribution in [1.29, 1.82) is 0 Å². The first kappa shape index (κ1) is 11.7. The molecule has 1 unspecified atom stereocenters. The lowest BCUT2D eigenvalue weighted by atomic mass is 10.2. The predicted octanol–water partition coefficient (Wildman–Crippen LogP) is 3.02. The van der Waals surface area contributed by atoms with Crippen LogP contribution in [0.15, 0.2) is 24.3 Å². The molecule has 1 aromatic heterocycles. The van der Waals surface area contributed by atoms with Gasteiger partial charge in [0.05, 0.1) is 5.52 Å². The van der Waals surface area contributed by atoms with E-state index in [2.05, 4.69) is 38.9 Å². The number of nitrogens with zero attached hydrogens (tertiary/aromatic N) is 2. The van der Waals surface area contributed by atoms with Crippen molar-refractivity contribution in [1.82, 2.24) is 9.69 Å². The topological polar surface area (TPSA) is 28.2 Å². The Morgan fingerprint density at radius 1 is 1.26 bits per heavy atom. The minimum atomic E-state index is 0.657. The predicted molar refractivity (Wildman–Crippen MR) is 81.0 cm³/mol. The number of fused-ring (bicyclic) bond motifs is 1. The molecule has 4 rings (SSSR count). The molecule has 2 heterocycles. The van der Waals surface area contributed by atoms with Crippen LogP contribution in [0.4, 0.5) is 5.00 Å². The molecule has 1 aliphatic carbocycles. The number of hydrogen-bond donors (Lipinski definition) is 1. The fourth-order valence-electron chi connectivity index (χ4n) is 2.99. The van der Waals surface area contributed by atoms with Crippen LogP contribution in [0.25, 0.3) is 10.9 Å². The van der Waals surface area contributed by atoms with Crippen molar-refractivity contribution in [2.75, 3.05) is 18.0 Å². The van der Waals surface area contributed by atoms with Gasteiger partial charge in [-0.2, -0.15) is 4.37 Å². The lowest BCUT2D eigenvalue weighted by Gasteiger charge is -2.25. The van der Waals surface area contributed by atoms with Gasteiger partial charge in [-0.15, -0.1) is 0 Å². The Kier molecular flexibility index (Phi) is 2.93. The van der Waals surface area contributed by atoms with Crippen molar-refractivity contribution in [3.63, 3.8) is 0 Å². The first-order valence-electron chi connectivity index (χ1n) is 7.26. The van der Waals surface area contributed by atoms with Crippen LogP contribution in [0.1, 0.15) is 25.7 Å². The summed E-state index contributed by atoms with van der Waals surface area (Å²) < 4.78 is 4.58. The number of rotatable bonds is 4. The summed E-state index contributed by atoms with van der Waals surface area (Å²) in [4.78, 5) is 2.58. The second kappa shape index (κ2) is 4.76. The third-order valence-corrected chi connectivity index (χ3v) is 5.14. The van der Waals surface area contributed by atoms with Crippen molar-refractivity contribution in [2.24, 2.45) is 0 Å². The molecule has 19 heavy (non-hydrogen) atoms. The van der Waals surface area contributed by atoms with Gasteiger partial charge < -0.3 is 10.2 Å². The molecule has 2 aromatic rings. The molecule has 2 fully saturated rings. The molecule has 4 heteroatoms. The van der Waals surface area contributed by atoms with E-state index >= 15 is 0 Å². The van der Waals surface area contributed by atoms with Crippen LogP contribution in [0.5, 0.6) is 0 Å². The Balaban J connectivity index is 1.58. The van der Waals surface area contributed by atoms with Crippen molar-refractivity contribution >= 4 is 27.4 Å². The molecule has 1 atom stereocenters. The van der Waals surface area contributed by atoms with Crippen LogP contribution in [0, 0.1) is 0 Å². The Morgan fingerprint density at radius 2 is 2.16 bits per heavy atom. The monoisotopic (exact) mass is 273 g/mol. The summed E-state index contributed by atoms with van der Waals surface area (Å²) in [6.07, 6.45) is 5.36. The Bertz CT molecular complexity index is 576. The number of benzene rings is 1. The van der Waals surface area contributed by atoms with E-state index in [0.717, 1.165) is 18.1 Å². The normalized spacial score (nSPS) is 23.4. The fraction of sp³-hybridized carbons (Fsp3) is 0.533. The van der Waals surface area contributed by atoms with Gasteiger partial charge in [0.25, 0.3) is 0 Å². The lowest BCUT2D eigenvalue weighted by Crippen LogP contribution is -2.38.